The van der Waals surface area contributed by atoms with Crippen molar-refractivity contribution in [3.8, 4) is 0 Å². The van der Waals surface area contributed by atoms with Crippen LogP contribution in [0.5, 0.6) is 0 Å². The molecule has 0 spiro atoms. The van der Waals surface area contributed by atoms with Crippen LogP contribution in [0.3, 0.4) is 0 Å². The number of rotatable bonds is 5. The molecule has 0 aromatic heterocycles. The lowest BCUT2D eigenvalue weighted by molar-refractivity contribution is 0.101. The Balaban J connectivity index is 2.86. The van der Waals surface area contributed by atoms with Gasteiger partial charge in [-0.25, -0.2) is 4.39 Å². The van der Waals surface area contributed by atoms with E-state index >= 15 is 0 Å². The summed E-state index contributed by atoms with van der Waals surface area (Å²) in [5, 5.41) is 3.24. The number of benzene rings is 1. The topological polar surface area (TPSA) is 21.3 Å². The van der Waals surface area contributed by atoms with Crippen LogP contribution in [0.25, 0.3) is 0 Å². The van der Waals surface area contributed by atoms with E-state index in [0.717, 1.165) is 17.5 Å². The molecule has 16 heavy (non-hydrogen) atoms. The molecule has 0 fully saturated rings. The molecule has 0 aliphatic heterocycles. The third-order valence-corrected chi connectivity index (χ3v) is 2.93. The van der Waals surface area contributed by atoms with Crippen LogP contribution in [-0.4, -0.2) is 20.3 Å². The molecule has 2 atom stereocenters. The zero-order chi connectivity index (χ0) is 12.1. The summed E-state index contributed by atoms with van der Waals surface area (Å²) in [4.78, 5) is 0. The molecule has 0 aliphatic carbocycles. The van der Waals surface area contributed by atoms with Gasteiger partial charge in [-0.3, -0.25) is 0 Å². The van der Waals surface area contributed by atoms with Crippen LogP contribution in [0.4, 0.5) is 4.39 Å². The quantitative estimate of drug-likeness (QED) is 0.832. The number of hydrogen-bond donors (Lipinski definition) is 1. The van der Waals surface area contributed by atoms with Crippen LogP contribution in [0.2, 0.25) is 0 Å². The minimum absolute atomic E-state index is 0.182. The summed E-state index contributed by atoms with van der Waals surface area (Å²) < 4.78 is 18.3. The van der Waals surface area contributed by atoms with E-state index in [1.54, 1.807) is 13.2 Å². The van der Waals surface area contributed by atoms with Gasteiger partial charge in [0.15, 0.2) is 0 Å². The van der Waals surface area contributed by atoms with Gasteiger partial charge in [0.2, 0.25) is 0 Å². The smallest absolute Gasteiger partial charge is 0.123 e. The van der Waals surface area contributed by atoms with E-state index in [2.05, 4.69) is 5.32 Å². The molecule has 0 heterocycles. The molecule has 0 radical (unpaired) electrons. The van der Waals surface area contributed by atoms with Crippen LogP contribution >= 0.6 is 0 Å². The second-order valence-corrected chi connectivity index (χ2v) is 4.12. The van der Waals surface area contributed by atoms with Crippen molar-refractivity contribution in [1.82, 2.24) is 5.32 Å². The third-order valence-electron chi connectivity index (χ3n) is 2.93. The minimum atomic E-state index is -0.184. The molecule has 0 saturated heterocycles. The summed E-state index contributed by atoms with van der Waals surface area (Å²) in [7, 11) is 3.62. The van der Waals surface area contributed by atoms with Gasteiger partial charge in [-0.1, -0.05) is 6.07 Å². The first-order valence-electron chi connectivity index (χ1n) is 5.54. The van der Waals surface area contributed by atoms with Crippen molar-refractivity contribution in [2.75, 3.05) is 14.2 Å². The zero-order valence-corrected chi connectivity index (χ0v) is 10.4. The fraction of sp³-hybridized carbons (Fsp3) is 0.538. The maximum Gasteiger partial charge on any atom is 0.123 e. The van der Waals surface area contributed by atoms with E-state index in [4.69, 9.17) is 4.74 Å². The Morgan fingerprint density at radius 1 is 1.44 bits per heavy atom. The van der Waals surface area contributed by atoms with E-state index in [1.165, 1.54) is 6.07 Å². The van der Waals surface area contributed by atoms with Crippen LogP contribution in [-0.2, 0) is 4.74 Å². The lowest BCUT2D eigenvalue weighted by Gasteiger charge is -2.21. The van der Waals surface area contributed by atoms with Crippen LogP contribution < -0.4 is 5.32 Å². The van der Waals surface area contributed by atoms with E-state index in [0.29, 0.717) is 0 Å². The maximum atomic E-state index is 13.0. The molecule has 2 unspecified atom stereocenters. The molecule has 1 aromatic rings. The van der Waals surface area contributed by atoms with E-state index in [9.17, 15) is 4.39 Å². The Bertz CT molecular complexity index is 341. The second-order valence-electron chi connectivity index (χ2n) is 4.12. The fourth-order valence-electron chi connectivity index (χ4n) is 1.86. The maximum absolute atomic E-state index is 13.0. The largest absolute Gasteiger partial charge is 0.382 e. The Labute approximate surface area is 96.8 Å². The normalized spacial score (nSPS) is 14.8. The number of ether oxygens (including phenoxy) is 1. The van der Waals surface area contributed by atoms with E-state index in [-0.39, 0.29) is 18.0 Å². The summed E-state index contributed by atoms with van der Waals surface area (Å²) >= 11 is 0. The average Bonchev–Trinajstić information content (AvgIpc) is 2.26. The van der Waals surface area contributed by atoms with Crippen molar-refractivity contribution in [2.24, 2.45) is 0 Å². The van der Waals surface area contributed by atoms with Gasteiger partial charge in [0.1, 0.15) is 5.82 Å². The standard InChI is InChI=1S/C13H20FNO/c1-9-7-11(14)5-6-12(9)13(15-3)8-10(2)16-4/h5-7,10,13,15H,8H2,1-4H3. The Hall–Kier alpha value is -0.930. The fourth-order valence-corrected chi connectivity index (χ4v) is 1.86. The monoisotopic (exact) mass is 225 g/mol. The van der Waals surface area contributed by atoms with Gasteiger partial charge in [-0.2, -0.15) is 0 Å². The molecular formula is C13H20FNO. The van der Waals surface area contributed by atoms with E-state index in [1.807, 2.05) is 27.0 Å². The summed E-state index contributed by atoms with van der Waals surface area (Å²) in [5.41, 5.74) is 2.11. The van der Waals surface area contributed by atoms with Crippen molar-refractivity contribution in [3.05, 3.63) is 35.1 Å². The molecule has 0 aliphatic rings. The molecule has 2 nitrogen and oxygen atoms in total. The first-order chi connectivity index (χ1) is 7.58. The van der Waals surface area contributed by atoms with Crippen LogP contribution in [0.15, 0.2) is 18.2 Å². The molecule has 0 saturated carbocycles. The average molecular weight is 225 g/mol. The Kier molecular flexibility index (Phi) is 4.90. The van der Waals surface area contributed by atoms with Gasteiger partial charge in [-0.05, 0) is 50.6 Å². The van der Waals surface area contributed by atoms with Crippen molar-refractivity contribution < 1.29 is 9.13 Å². The highest BCUT2D eigenvalue weighted by molar-refractivity contribution is 5.29. The highest BCUT2D eigenvalue weighted by atomic mass is 19.1. The summed E-state index contributed by atoms with van der Waals surface area (Å²) in [5.74, 6) is -0.184. The number of halogens is 1. The molecular weight excluding hydrogens is 205 g/mol. The van der Waals surface area contributed by atoms with Gasteiger partial charge in [0.25, 0.3) is 0 Å². The molecule has 1 aromatic carbocycles. The SMILES string of the molecule is CNC(CC(C)OC)c1ccc(F)cc1C. The van der Waals surface area contributed by atoms with Crippen molar-refractivity contribution in [3.63, 3.8) is 0 Å². The minimum Gasteiger partial charge on any atom is -0.382 e. The second kappa shape index (κ2) is 5.97. The van der Waals surface area contributed by atoms with Crippen LogP contribution in [0, 0.1) is 12.7 Å². The van der Waals surface area contributed by atoms with Crippen LogP contribution in [0.1, 0.15) is 30.5 Å². The lowest BCUT2D eigenvalue weighted by atomic mass is 9.97. The molecule has 90 valence electrons. The predicted molar refractivity (Wildman–Crippen MR) is 64.0 cm³/mol. The molecule has 1 rings (SSSR count). The van der Waals surface area contributed by atoms with Gasteiger partial charge < -0.3 is 10.1 Å². The molecule has 1 N–H and O–H groups in total. The Morgan fingerprint density at radius 3 is 2.62 bits per heavy atom. The molecule has 0 amide bonds. The van der Waals surface area contributed by atoms with Gasteiger partial charge in [0, 0.05) is 13.2 Å². The third kappa shape index (κ3) is 3.29. The number of methoxy groups -OCH3 is 1. The molecule has 0 bridgehead atoms. The number of hydrogen-bond acceptors (Lipinski definition) is 2. The molecule has 3 heteroatoms. The highest BCUT2D eigenvalue weighted by Crippen LogP contribution is 2.23. The predicted octanol–water partition coefficient (Wildman–Crippen LogP) is 2.82. The first kappa shape index (κ1) is 13.1. The first-order valence-corrected chi connectivity index (χ1v) is 5.54. The Morgan fingerprint density at radius 2 is 2.12 bits per heavy atom. The van der Waals surface area contributed by atoms with Crippen molar-refractivity contribution >= 4 is 0 Å². The lowest BCUT2D eigenvalue weighted by Crippen LogP contribution is -2.22. The van der Waals surface area contributed by atoms with Crippen molar-refractivity contribution in [1.29, 1.82) is 0 Å². The summed E-state index contributed by atoms with van der Waals surface area (Å²) in [6.45, 7) is 3.96. The number of aryl methyl sites for hydroxylation is 1. The highest BCUT2D eigenvalue weighted by Gasteiger charge is 2.15. The van der Waals surface area contributed by atoms with Gasteiger partial charge >= 0.3 is 0 Å². The zero-order valence-electron chi connectivity index (χ0n) is 10.4. The van der Waals surface area contributed by atoms with Gasteiger partial charge in [0.05, 0.1) is 6.10 Å². The summed E-state index contributed by atoms with van der Waals surface area (Å²) in [6.07, 6.45) is 1.06. The number of nitrogens with one attached hydrogen (secondary N) is 1. The van der Waals surface area contributed by atoms with Crippen molar-refractivity contribution in [2.45, 2.75) is 32.4 Å². The van der Waals surface area contributed by atoms with E-state index < -0.39 is 0 Å². The summed E-state index contributed by atoms with van der Waals surface area (Å²) in [6, 6.07) is 5.12. The van der Waals surface area contributed by atoms with Gasteiger partial charge in [-0.15, -0.1) is 0 Å².